The van der Waals surface area contributed by atoms with E-state index in [1.807, 2.05) is 0 Å². The van der Waals surface area contributed by atoms with Crippen LogP contribution in [-0.4, -0.2) is 38.8 Å². The Kier molecular flexibility index (Phi) is 4.08. The number of hydrogen-bond donors (Lipinski definition) is 1. The van der Waals surface area contributed by atoms with Gasteiger partial charge in [-0.1, -0.05) is 0 Å². The number of anilines is 2. The average molecular weight is 337 g/mol. The molecule has 0 aliphatic carbocycles. The summed E-state index contributed by atoms with van der Waals surface area (Å²) in [6.45, 7) is 2.66. The highest BCUT2D eigenvalue weighted by Gasteiger charge is 2.32. The number of hydrogen-bond acceptors (Lipinski definition) is 5. The van der Waals surface area contributed by atoms with E-state index in [1.165, 1.54) is 13.1 Å². The van der Waals surface area contributed by atoms with Gasteiger partial charge in [-0.15, -0.1) is 0 Å². The number of alkyl halides is 3. The lowest BCUT2D eigenvalue weighted by Gasteiger charge is -2.38. The fraction of sp³-hybridized carbons (Fsp3) is 0.333. The Hall–Kier alpha value is -2.71. The molecule has 1 saturated heterocycles. The van der Waals surface area contributed by atoms with Gasteiger partial charge >= 0.3 is 6.18 Å². The number of likely N-dealkylation sites (tertiary alicyclic amines) is 1. The summed E-state index contributed by atoms with van der Waals surface area (Å²) in [4.78, 5) is 25.0. The number of nitrogens with zero attached hydrogens (tertiary/aromatic N) is 4. The second-order valence-electron chi connectivity index (χ2n) is 5.48. The van der Waals surface area contributed by atoms with Gasteiger partial charge in [0.1, 0.15) is 5.82 Å². The van der Waals surface area contributed by atoms with Gasteiger partial charge in [0.15, 0.2) is 0 Å². The van der Waals surface area contributed by atoms with Crippen molar-refractivity contribution in [1.29, 1.82) is 0 Å². The van der Waals surface area contributed by atoms with Crippen LogP contribution in [-0.2, 0) is 11.0 Å². The topological polar surface area (TPSA) is 71.0 Å². The summed E-state index contributed by atoms with van der Waals surface area (Å²) in [5.74, 6) is 0.292. The molecule has 0 bridgehead atoms. The maximum Gasteiger partial charge on any atom is 0.416 e. The van der Waals surface area contributed by atoms with Crippen LogP contribution in [0.3, 0.4) is 0 Å². The molecule has 6 nitrogen and oxygen atoms in total. The van der Waals surface area contributed by atoms with E-state index in [0.717, 1.165) is 24.0 Å². The second-order valence-corrected chi connectivity index (χ2v) is 5.48. The van der Waals surface area contributed by atoms with Gasteiger partial charge in [-0.25, -0.2) is 15.0 Å². The minimum Gasteiger partial charge on any atom is -0.341 e. The molecule has 1 fully saturated rings. The van der Waals surface area contributed by atoms with Crippen LogP contribution < -0.4 is 5.32 Å². The van der Waals surface area contributed by atoms with Crippen molar-refractivity contribution >= 4 is 17.7 Å². The van der Waals surface area contributed by atoms with Gasteiger partial charge in [-0.05, 0) is 18.2 Å². The lowest BCUT2D eigenvalue weighted by Crippen LogP contribution is -2.47. The molecule has 0 saturated carbocycles. The molecule has 1 N–H and O–H groups in total. The van der Waals surface area contributed by atoms with Crippen molar-refractivity contribution in [3.63, 3.8) is 0 Å². The van der Waals surface area contributed by atoms with Gasteiger partial charge < -0.3 is 10.2 Å². The van der Waals surface area contributed by atoms with Crippen LogP contribution in [0.4, 0.5) is 24.9 Å². The Morgan fingerprint density at radius 1 is 1.25 bits per heavy atom. The third-order valence-electron chi connectivity index (χ3n) is 3.75. The first-order valence-electron chi connectivity index (χ1n) is 7.21. The Morgan fingerprint density at radius 3 is 2.62 bits per heavy atom. The van der Waals surface area contributed by atoms with Gasteiger partial charge in [0.05, 0.1) is 11.3 Å². The molecule has 0 spiro atoms. The number of nitrogens with one attached hydrogen (secondary N) is 1. The Morgan fingerprint density at radius 2 is 1.96 bits per heavy atom. The number of aromatic nitrogens is 3. The molecule has 9 heteroatoms. The number of carbonyl (C=O) groups is 1. The molecular weight excluding hydrogens is 323 g/mol. The fourth-order valence-electron chi connectivity index (χ4n) is 2.37. The minimum atomic E-state index is -4.44. The first kappa shape index (κ1) is 16.2. The van der Waals surface area contributed by atoms with Crippen LogP contribution >= 0.6 is 0 Å². The number of pyridine rings is 1. The molecule has 3 rings (SSSR count). The molecule has 24 heavy (non-hydrogen) atoms. The van der Waals surface area contributed by atoms with E-state index in [4.69, 9.17) is 0 Å². The molecule has 0 aromatic carbocycles. The zero-order valence-electron chi connectivity index (χ0n) is 12.7. The van der Waals surface area contributed by atoms with Crippen molar-refractivity contribution in [1.82, 2.24) is 19.9 Å². The van der Waals surface area contributed by atoms with E-state index in [9.17, 15) is 18.0 Å². The lowest BCUT2D eigenvalue weighted by molar-refractivity contribution is -0.137. The normalized spacial score (nSPS) is 15.1. The molecule has 1 aliphatic heterocycles. The van der Waals surface area contributed by atoms with E-state index in [0.29, 0.717) is 13.1 Å². The fourth-order valence-corrected chi connectivity index (χ4v) is 2.37. The van der Waals surface area contributed by atoms with Crippen LogP contribution in [0.1, 0.15) is 24.1 Å². The van der Waals surface area contributed by atoms with Crippen LogP contribution in [0, 0.1) is 0 Å². The largest absolute Gasteiger partial charge is 0.416 e. The highest BCUT2D eigenvalue weighted by atomic mass is 19.4. The lowest BCUT2D eigenvalue weighted by atomic mass is 9.96. The van der Waals surface area contributed by atoms with E-state index in [2.05, 4.69) is 20.3 Å². The van der Waals surface area contributed by atoms with E-state index < -0.39 is 11.7 Å². The highest BCUT2D eigenvalue weighted by molar-refractivity contribution is 5.74. The zero-order valence-corrected chi connectivity index (χ0v) is 12.7. The molecular formula is C15H14F3N5O. The molecule has 0 radical (unpaired) electrons. The van der Waals surface area contributed by atoms with Crippen LogP contribution in [0.2, 0.25) is 0 Å². The SMILES string of the molecule is CC(=O)N1CC(c2ccnc(Nc3cc(C(F)(F)F)ccn3)n2)C1. The van der Waals surface area contributed by atoms with Crippen molar-refractivity contribution in [3.05, 3.63) is 41.9 Å². The molecule has 1 aliphatic rings. The Labute approximate surface area is 135 Å². The third kappa shape index (κ3) is 3.44. The number of halogens is 3. The number of amides is 1. The standard InChI is InChI=1S/C15H14F3N5O/c1-9(24)23-7-10(8-23)12-3-5-20-14(21-12)22-13-6-11(2-4-19-13)15(16,17)18/h2-6,10H,7-8H2,1H3,(H,19,20,21,22). The van der Waals surface area contributed by atoms with Crippen molar-refractivity contribution in [2.75, 3.05) is 18.4 Å². The third-order valence-corrected chi connectivity index (χ3v) is 3.75. The second kappa shape index (κ2) is 6.06. The quantitative estimate of drug-likeness (QED) is 0.932. The smallest absolute Gasteiger partial charge is 0.341 e. The summed E-state index contributed by atoms with van der Waals surface area (Å²) in [6, 6.07) is 3.52. The Bertz CT molecular complexity index is 759. The highest BCUT2D eigenvalue weighted by Crippen LogP contribution is 2.30. The van der Waals surface area contributed by atoms with E-state index in [-0.39, 0.29) is 23.6 Å². The predicted molar refractivity (Wildman–Crippen MR) is 79.5 cm³/mol. The summed E-state index contributed by atoms with van der Waals surface area (Å²) in [5, 5.41) is 2.68. The van der Waals surface area contributed by atoms with E-state index in [1.54, 1.807) is 11.0 Å². The summed E-state index contributed by atoms with van der Waals surface area (Å²) in [7, 11) is 0. The molecule has 0 atom stereocenters. The summed E-state index contributed by atoms with van der Waals surface area (Å²) in [6.07, 6.45) is -1.84. The van der Waals surface area contributed by atoms with Crippen molar-refractivity contribution in [3.8, 4) is 0 Å². The number of rotatable bonds is 3. The zero-order chi connectivity index (χ0) is 17.3. The monoisotopic (exact) mass is 337 g/mol. The predicted octanol–water partition coefficient (Wildman–Crippen LogP) is 2.58. The first-order valence-corrected chi connectivity index (χ1v) is 7.21. The summed E-state index contributed by atoms with van der Waals surface area (Å²) < 4.78 is 38.1. The molecule has 126 valence electrons. The average Bonchev–Trinajstić information content (AvgIpc) is 2.45. The van der Waals surface area contributed by atoms with Crippen molar-refractivity contribution in [2.24, 2.45) is 0 Å². The molecule has 2 aromatic rings. The maximum atomic E-state index is 12.7. The van der Waals surface area contributed by atoms with Crippen LogP contribution in [0.15, 0.2) is 30.6 Å². The Balaban J connectivity index is 1.73. The van der Waals surface area contributed by atoms with Crippen molar-refractivity contribution < 1.29 is 18.0 Å². The first-order chi connectivity index (χ1) is 11.3. The molecule has 0 unspecified atom stereocenters. The molecule has 3 heterocycles. The summed E-state index contributed by atoms with van der Waals surface area (Å²) >= 11 is 0. The molecule has 1 amide bonds. The minimum absolute atomic E-state index is 0.00632. The van der Waals surface area contributed by atoms with Gasteiger partial charge in [0.25, 0.3) is 0 Å². The maximum absolute atomic E-state index is 12.7. The molecule has 2 aromatic heterocycles. The van der Waals surface area contributed by atoms with Crippen molar-refractivity contribution in [2.45, 2.75) is 19.0 Å². The van der Waals surface area contributed by atoms with E-state index >= 15 is 0 Å². The van der Waals surface area contributed by atoms with Crippen LogP contribution in [0.5, 0.6) is 0 Å². The van der Waals surface area contributed by atoms with Gasteiger partial charge in [-0.2, -0.15) is 13.2 Å². The van der Waals surface area contributed by atoms with Gasteiger partial charge in [0.2, 0.25) is 11.9 Å². The summed E-state index contributed by atoms with van der Waals surface area (Å²) in [5.41, 5.74) is -0.0655. The van der Waals surface area contributed by atoms with Gasteiger partial charge in [0, 0.05) is 38.3 Å². The van der Waals surface area contributed by atoms with Gasteiger partial charge in [-0.3, -0.25) is 4.79 Å². The van der Waals surface area contributed by atoms with Crippen LogP contribution in [0.25, 0.3) is 0 Å². The number of carbonyl (C=O) groups excluding carboxylic acids is 1.